The molecule has 0 aliphatic heterocycles. The molecule has 0 aliphatic rings. The quantitative estimate of drug-likeness (QED) is 0.671. The molecule has 0 aliphatic carbocycles. The van der Waals surface area contributed by atoms with Crippen LogP contribution in [0.4, 0.5) is 0 Å². The number of hydrazine groups is 1. The molecule has 0 fully saturated rings. The average Bonchev–Trinajstić information content (AvgIpc) is 2.84. The summed E-state index contributed by atoms with van der Waals surface area (Å²) in [6.45, 7) is 0. The van der Waals surface area contributed by atoms with E-state index >= 15 is 0 Å². The second kappa shape index (κ2) is 5.09. The van der Waals surface area contributed by atoms with E-state index in [-0.39, 0.29) is 6.04 Å². The van der Waals surface area contributed by atoms with E-state index in [1.54, 1.807) is 16.0 Å². The van der Waals surface area contributed by atoms with E-state index < -0.39 is 0 Å². The standard InChI is InChI=1S/C10H13BrN4S/c1-15-6-7(5-13-15)9(14-12)4-8-2-3-10(11)16-8/h2-3,5-6,9,14H,4,12H2,1H3. The fourth-order valence-electron chi connectivity index (χ4n) is 1.56. The van der Waals surface area contributed by atoms with Gasteiger partial charge in [0.2, 0.25) is 0 Å². The van der Waals surface area contributed by atoms with E-state index in [0.29, 0.717) is 0 Å². The van der Waals surface area contributed by atoms with Crippen LogP contribution in [0.1, 0.15) is 16.5 Å². The van der Waals surface area contributed by atoms with Crippen molar-refractivity contribution in [2.75, 3.05) is 0 Å². The predicted octanol–water partition coefficient (Wildman–Crippen LogP) is 1.99. The Balaban J connectivity index is 2.12. The van der Waals surface area contributed by atoms with Crippen LogP contribution in [0, 0.1) is 0 Å². The second-order valence-electron chi connectivity index (χ2n) is 3.58. The number of aryl methyl sites for hydroxylation is 1. The maximum absolute atomic E-state index is 5.57. The largest absolute Gasteiger partial charge is 0.275 e. The van der Waals surface area contributed by atoms with Gasteiger partial charge in [-0.1, -0.05) is 0 Å². The van der Waals surface area contributed by atoms with Gasteiger partial charge < -0.3 is 0 Å². The molecule has 6 heteroatoms. The van der Waals surface area contributed by atoms with E-state index in [0.717, 1.165) is 15.8 Å². The summed E-state index contributed by atoms with van der Waals surface area (Å²) < 4.78 is 2.92. The van der Waals surface area contributed by atoms with Gasteiger partial charge in [0.05, 0.1) is 16.0 Å². The van der Waals surface area contributed by atoms with Gasteiger partial charge in [-0.15, -0.1) is 11.3 Å². The van der Waals surface area contributed by atoms with Crippen LogP contribution in [-0.2, 0) is 13.5 Å². The second-order valence-corrected chi connectivity index (χ2v) is 6.12. The SMILES string of the molecule is Cn1cc(C(Cc2ccc(Br)s2)NN)cn1. The summed E-state index contributed by atoms with van der Waals surface area (Å²) in [6, 6.07) is 4.27. The van der Waals surface area contributed by atoms with Crippen molar-refractivity contribution in [1.29, 1.82) is 0 Å². The minimum atomic E-state index is 0.110. The average molecular weight is 301 g/mol. The summed E-state index contributed by atoms with van der Waals surface area (Å²) in [5.74, 6) is 5.57. The third-order valence-electron chi connectivity index (χ3n) is 2.36. The maximum atomic E-state index is 5.57. The summed E-state index contributed by atoms with van der Waals surface area (Å²) >= 11 is 5.18. The fraction of sp³-hybridized carbons (Fsp3) is 0.300. The molecule has 2 aromatic rings. The Kier molecular flexibility index (Phi) is 3.75. The van der Waals surface area contributed by atoms with Crippen LogP contribution in [0.5, 0.6) is 0 Å². The molecule has 0 aromatic carbocycles. The number of halogens is 1. The van der Waals surface area contributed by atoms with E-state index in [9.17, 15) is 0 Å². The summed E-state index contributed by atoms with van der Waals surface area (Å²) in [5, 5.41) is 4.15. The van der Waals surface area contributed by atoms with Crippen LogP contribution < -0.4 is 11.3 Å². The number of aromatic nitrogens is 2. The van der Waals surface area contributed by atoms with Crippen molar-refractivity contribution in [2.24, 2.45) is 12.9 Å². The third kappa shape index (κ3) is 2.70. The monoisotopic (exact) mass is 300 g/mol. The highest BCUT2D eigenvalue weighted by molar-refractivity contribution is 9.11. The Labute approximate surface area is 107 Å². The number of nitrogens with zero attached hydrogens (tertiary/aromatic N) is 2. The van der Waals surface area contributed by atoms with Crippen LogP contribution in [-0.4, -0.2) is 9.78 Å². The Bertz CT molecular complexity index is 465. The molecule has 2 heterocycles. The van der Waals surface area contributed by atoms with Gasteiger partial charge in [-0.3, -0.25) is 16.0 Å². The van der Waals surface area contributed by atoms with Crippen molar-refractivity contribution < 1.29 is 0 Å². The van der Waals surface area contributed by atoms with Crippen molar-refractivity contribution in [3.05, 3.63) is 38.8 Å². The molecule has 3 N–H and O–H groups in total. The first kappa shape index (κ1) is 11.8. The molecular formula is C10H13BrN4S. The van der Waals surface area contributed by atoms with Gasteiger partial charge in [0.25, 0.3) is 0 Å². The molecule has 0 saturated carbocycles. The Hall–Kier alpha value is -0.690. The molecule has 16 heavy (non-hydrogen) atoms. The lowest BCUT2D eigenvalue weighted by atomic mass is 10.1. The molecular weight excluding hydrogens is 288 g/mol. The van der Waals surface area contributed by atoms with Gasteiger partial charge >= 0.3 is 0 Å². The summed E-state index contributed by atoms with van der Waals surface area (Å²) in [7, 11) is 1.90. The highest BCUT2D eigenvalue weighted by Gasteiger charge is 2.13. The minimum absolute atomic E-state index is 0.110. The van der Waals surface area contributed by atoms with Crippen molar-refractivity contribution in [1.82, 2.24) is 15.2 Å². The zero-order valence-electron chi connectivity index (χ0n) is 8.85. The normalized spacial score (nSPS) is 12.9. The lowest BCUT2D eigenvalue weighted by molar-refractivity contribution is 0.555. The number of nitrogens with two attached hydrogens (primary N) is 1. The molecule has 86 valence electrons. The fourth-order valence-corrected chi connectivity index (χ4v) is 3.08. The summed E-state index contributed by atoms with van der Waals surface area (Å²) in [6.07, 6.45) is 4.69. The van der Waals surface area contributed by atoms with Crippen molar-refractivity contribution in [2.45, 2.75) is 12.5 Å². The van der Waals surface area contributed by atoms with Crippen LogP contribution in [0.3, 0.4) is 0 Å². The first-order valence-corrected chi connectivity index (χ1v) is 6.49. The highest BCUT2D eigenvalue weighted by Crippen LogP contribution is 2.26. The summed E-state index contributed by atoms with van der Waals surface area (Å²) in [5.41, 5.74) is 3.93. The Morgan fingerprint density at radius 1 is 1.62 bits per heavy atom. The number of nitrogens with one attached hydrogen (secondary N) is 1. The van der Waals surface area contributed by atoms with Gasteiger partial charge in [-0.25, -0.2) is 0 Å². The van der Waals surface area contributed by atoms with Gasteiger partial charge in [0.15, 0.2) is 0 Å². The highest BCUT2D eigenvalue weighted by atomic mass is 79.9. The van der Waals surface area contributed by atoms with Gasteiger partial charge in [-0.05, 0) is 28.1 Å². The van der Waals surface area contributed by atoms with Crippen LogP contribution in [0.2, 0.25) is 0 Å². The smallest absolute Gasteiger partial charge is 0.0701 e. The molecule has 2 aromatic heterocycles. The van der Waals surface area contributed by atoms with Crippen molar-refractivity contribution in [3.63, 3.8) is 0 Å². The van der Waals surface area contributed by atoms with E-state index in [1.165, 1.54) is 4.88 Å². The van der Waals surface area contributed by atoms with Gasteiger partial charge in [-0.2, -0.15) is 5.10 Å². The third-order valence-corrected chi connectivity index (χ3v) is 4.01. The van der Waals surface area contributed by atoms with E-state index in [4.69, 9.17) is 5.84 Å². The Morgan fingerprint density at radius 3 is 2.94 bits per heavy atom. The van der Waals surface area contributed by atoms with Crippen molar-refractivity contribution >= 4 is 27.3 Å². The molecule has 0 radical (unpaired) electrons. The minimum Gasteiger partial charge on any atom is -0.275 e. The Morgan fingerprint density at radius 2 is 2.44 bits per heavy atom. The van der Waals surface area contributed by atoms with Crippen LogP contribution in [0.15, 0.2) is 28.3 Å². The lowest BCUT2D eigenvalue weighted by Crippen LogP contribution is -2.29. The first-order chi connectivity index (χ1) is 7.69. The van der Waals surface area contributed by atoms with E-state index in [1.807, 2.05) is 19.4 Å². The molecule has 1 unspecified atom stereocenters. The number of hydrogen-bond donors (Lipinski definition) is 2. The maximum Gasteiger partial charge on any atom is 0.0701 e. The lowest BCUT2D eigenvalue weighted by Gasteiger charge is -2.12. The molecule has 0 spiro atoms. The predicted molar refractivity (Wildman–Crippen MR) is 69.0 cm³/mol. The number of rotatable bonds is 4. The van der Waals surface area contributed by atoms with Crippen LogP contribution in [0.25, 0.3) is 0 Å². The van der Waals surface area contributed by atoms with Gasteiger partial charge in [0, 0.05) is 30.1 Å². The van der Waals surface area contributed by atoms with Gasteiger partial charge in [0.1, 0.15) is 0 Å². The summed E-state index contributed by atoms with van der Waals surface area (Å²) in [4.78, 5) is 1.29. The zero-order chi connectivity index (χ0) is 11.5. The first-order valence-electron chi connectivity index (χ1n) is 4.88. The van der Waals surface area contributed by atoms with E-state index in [2.05, 4.69) is 38.6 Å². The molecule has 0 saturated heterocycles. The molecule has 1 atom stereocenters. The topological polar surface area (TPSA) is 55.9 Å². The zero-order valence-corrected chi connectivity index (χ0v) is 11.3. The number of thiophene rings is 1. The molecule has 0 bridgehead atoms. The molecule has 2 rings (SSSR count). The van der Waals surface area contributed by atoms with Crippen LogP contribution >= 0.6 is 27.3 Å². The molecule has 0 amide bonds. The number of hydrogen-bond acceptors (Lipinski definition) is 4. The van der Waals surface area contributed by atoms with Crippen molar-refractivity contribution in [3.8, 4) is 0 Å². The molecule has 4 nitrogen and oxygen atoms in total.